The first-order chi connectivity index (χ1) is 19.5. The predicted molar refractivity (Wildman–Crippen MR) is 150 cm³/mol. The van der Waals surface area contributed by atoms with Crippen LogP contribution in [0.3, 0.4) is 0 Å². The molecule has 41 heavy (non-hydrogen) atoms. The highest BCUT2D eigenvalue weighted by atomic mass is 19.1. The van der Waals surface area contributed by atoms with Crippen LogP contribution in [0.25, 0.3) is 0 Å². The van der Waals surface area contributed by atoms with Crippen molar-refractivity contribution in [3.05, 3.63) is 77.8 Å². The van der Waals surface area contributed by atoms with E-state index in [1.165, 1.54) is 12.1 Å². The summed E-state index contributed by atoms with van der Waals surface area (Å²) in [4.78, 5) is 50.2. The zero-order valence-electron chi connectivity index (χ0n) is 23.1. The van der Waals surface area contributed by atoms with E-state index in [4.69, 9.17) is 4.74 Å². The average Bonchev–Trinajstić information content (AvgIpc) is 3.15. The number of benzene rings is 1. The minimum Gasteiger partial charge on any atom is -0.459 e. The second kappa shape index (κ2) is 12.8. The van der Waals surface area contributed by atoms with Crippen LogP contribution in [0, 0.1) is 11.6 Å². The second-order valence-corrected chi connectivity index (χ2v) is 10.6. The number of halogens is 2. The number of hydrogen-bond donors (Lipinski definition) is 2. The van der Waals surface area contributed by atoms with Crippen molar-refractivity contribution in [2.24, 2.45) is 0 Å². The molecule has 2 aromatic heterocycles. The van der Waals surface area contributed by atoms with Gasteiger partial charge in [0.25, 0.3) is 11.8 Å². The number of carbonyl (C=O) groups is 3. The molecule has 1 aliphatic rings. The summed E-state index contributed by atoms with van der Waals surface area (Å²) in [7, 11) is 0. The lowest BCUT2D eigenvalue weighted by molar-refractivity contribution is -0.156. The van der Waals surface area contributed by atoms with Crippen LogP contribution in [0.5, 0.6) is 0 Å². The molecule has 1 aliphatic heterocycles. The molecule has 0 unspecified atom stereocenters. The summed E-state index contributed by atoms with van der Waals surface area (Å²) in [6.07, 6.45) is 3.37. The average molecular weight is 567 g/mol. The minimum absolute atomic E-state index is 0.0664. The van der Waals surface area contributed by atoms with E-state index in [2.05, 4.69) is 30.4 Å². The lowest BCUT2D eigenvalue weighted by atomic mass is 10.1. The molecule has 4 rings (SSSR count). The minimum atomic E-state index is -0.732. The van der Waals surface area contributed by atoms with Gasteiger partial charge in [-0.2, -0.15) is 0 Å². The Morgan fingerprint density at radius 2 is 1.66 bits per heavy atom. The van der Waals surface area contributed by atoms with Gasteiger partial charge in [0.05, 0.1) is 35.9 Å². The molecule has 3 heterocycles. The molecule has 216 valence electrons. The molecule has 0 aliphatic carbocycles. The van der Waals surface area contributed by atoms with Crippen LogP contribution in [0.15, 0.2) is 54.9 Å². The van der Waals surface area contributed by atoms with E-state index in [1.807, 2.05) is 20.8 Å². The van der Waals surface area contributed by atoms with Gasteiger partial charge in [0, 0.05) is 26.2 Å². The number of pyridine rings is 2. The smallest absolute Gasteiger partial charge is 0.320 e. The van der Waals surface area contributed by atoms with Crippen molar-refractivity contribution in [3.8, 4) is 0 Å². The third-order valence-electron chi connectivity index (χ3n) is 6.15. The molecule has 3 aromatic rings. The fourth-order valence-electron chi connectivity index (χ4n) is 4.28. The number of rotatable bonds is 7. The van der Waals surface area contributed by atoms with E-state index in [9.17, 15) is 23.2 Å². The van der Waals surface area contributed by atoms with Gasteiger partial charge in [-0.25, -0.2) is 18.7 Å². The summed E-state index contributed by atoms with van der Waals surface area (Å²) in [5, 5.41) is 5.06. The van der Waals surface area contributed by atoms with Crippen LogP contribution in [0.4, 0.5) is 26.0 Å². The van der Waals surface area contributed by atoms with Crippen LogP contribution >= 0.6 is 0 Å². The van der Waals surface area contributed by atoms with Crippen molar-refractivity contribution in [3.63, 3.8) is 0 Å². The van der Waals surface area contributed by atoms with E-state index >= 15 is 0 Å². The molecule has 0 atom stereocenters. The van der Waals surface area contributed by atoms with Gasteiger partial charge in [-0.05, 0) is 69.7 Å². The molecule has 0 bridgehead atoms. The summed E-state index contributed by atoms with van der Waals surface area (Å²) in [6.45, 7) is 8.62. The molecule has 1 aromatic carbocycles. The first-order valence-corrected chi connectivity index (χ1v) is 13.2. The zero-order valence-corrected chi connectivity index (χ0v) is 23.1. The van der Waals surface area contributed by atoms with Crippen molar-refractivity contribution >= 4 is 35.0 Å². The summed E-state index contributed by atoms with van der Waals surface area (Å²) in [6, 6.07) is 9.11. The number of carbonyl (C=O) groups excluding carboxylic acids is 3. The van der Waals surface area contributed by atoms with Crippen LogP contribution in [0.2, 0.25) is 0 Å². The number of ether oxygens (including phenoxy) is 1. The topological polar surface area (TPSA) is 117 Å². The molecule has 2 amide bonds. The summed E-state index contributed by atoms with van der Waals surface area (Å²) < 4.78 is 32.5. The van der Waals surface area contributed by atoms with Crippen molar-refractivity contribution < 1.29 is 27.9 Å². The Kier molecular flexibility index (Phi) is 9.23. The Morgan fingerprint density at radius 3 is 2.34 bits per heavy atom. The Morgan fingerprint density at radius 1 is 0.878 bits per heavy atom. The van der Waals surface area contributed by atoms with E-state index in [0.717, 1.165) is 49.6 Å². The summed E-state index contributed by atoms with van der Waals surface area (Å²) in [5.41, 5.74) is 0.335. The molecular weight excluding hydrogens is 534 g/mol. The Hall–Kier alpha value is -4.45. The van der Waals surface area contributed by atoms with Gasteiger partial charge >= 0.3 is 5.97 Å². The fourth-order valence-corrected chi connectivity index (χ4v) is 4.28. The van der Waals surface area contributed by atoms with Crippen LogP contribution < -0.4 is 15.5 Å². The zero-order chi connectivity index (χ0) is 29.6. The number of nitrogens with zero attached hydrogens (tertiary/aromatic N) is 4. The van der Waals surface area contributed by atoms with E-state index < -0.39 is 29.0 Å². The van der Waals surface area contributed by atoms with Gasteiger partial charge in [-0.1, -0.05) is 0 Å². The molecule has 1 fully saturated rings. The van der Waals surface area contributed by atoms with Crippen LogP contribution in [-0.2, 0) is 9.53 Å². The van der Waals surface area contributed by atoms with Crippen molar-refractivity contribution in [2.45, 2.75) is 32.8 Å². The Labute approximate surface area is 236 Å². The molecule has 0 spiro atoms. The predicted octanol–water partition coefficient (Wildman–Crippen LogP) is 4.11. The summed E-state index contributed by atoms with van der Waals surface area (Å²) >= 11 is 0. The van der Waals surface area contributed by atoms with Crippen molar-refractivity contribution in [2.75, 3.05) is 48.3 Å². The maximum Gasteiger partial charge on any atom is 0.320 e. The third kappa shape index (κ3) is 8.52. The molecule has 12 heteroatoms. The summed E-state index contributed by atoms with van der Waals surface area (Å²) in [5.74, 6) is -2.75. The number of amides is 2. The van der Waals surface area contributed by atoms with Gasteiger partial charge in [-0.3, -0.25) is 19.3 Å². The number of hydrogen-bond acceptors (Lipinski definition) is 8. The van der Waals surface area contributed by atoms with Gasteiger partial charge in [0.2, 0.25) is 0 Å². The first kappa shape index (κ1) is 29.5. The lowest BCUT2D eigenvalue weighted by Crippen LogP contribution is -2.37. The van der Waals surface area contributed by atoms with Crippen molar-refractivity contribution in [1.82, 2.24) is 14.9 Å². The molecule has 0 saturated carbocycles. The quantitative estimate of drug-likeness (QED) is 0.411. The fraction of sp³-hybridized carbons (Fsp3) is 0.345. The molecule has 10 nitrogen and oxygen atoms in total. The maximum atomic E-state index is 14.0. The molecule has 2 N–H and O–H groups in total. The number of nitrogens with one attached hydrogen (secondary N) is 2. The molecular formula is C29H32F2N6O4. The number of esters is 1. The van der Waals surface area contributed by atoms with Crippen LogP contribution in [-0.4, -0.2) is 71.0 Å². The maximum absolute atomic E-state index is 14.0. The van der Waals surface area contributed by atoms with E-state index in [1.54, 1.807) is 18.3 Å². The SMILES string of the molecule is CC(C)(C)OC(=O)CN1CCCN(c2ccc(C(=O)Nc3ccc(F)cc3C(=O)Nc3ccc(F)cn3)nc2)CC1. The first-order valence-electron chi connectivity index (χ1n) is 13.2. The number of anilines is 3. The van der Waals surface area contributed by atoms with Gasteiger partial charge in [0.1, 0.15) is 28.7 Å². The van der Waals surface area contributed by atoms with Gasteiger partial charge in [0.15, 0.2) is 0 Å². The van der Waals surface area contributed by atoms with Gasteiger partial charge in [-0.15, -0.1) is 0 Å². The highest BCUT2D eigenvalue weighted by Crippen LogP contribution is 2.21. The highest BCUT2D eigenvalue weighted by molar-refractivity contribution is 6.11. The third-order valence-corrected chi connectivity index (χ3v) is 6.15. The largest absolute Gasteiger partial charge is 0.459 e. The standard InChI is InChI=1S/C29H32F2N6O4/c1-29(2,3)41-26(38)18-36-11-4-12-37(14-13-36)21-7-9-24(32-17-21)28(40)34-23-8-5-19(30)15-22(23)27(39)35-25-10-6-20(31)16-33-25/h5-10,15-17H,4,11-14,18H2,1-3H3,(H,34,40)(H,33,35,39). The van der Waals surface area contributed by atoms with Crippen LogP contribution in [0.1, 0.15) is 48.0 Å². The Bertz CT molecular complexity index is 1390. The normalized spacial score (nSPS) is 14.2. The number of aromatic nitrogens is 2. The van der Waals surface area contributed by atoms with E-state index in [-0.39, 0.29) is 35.3 Å². The second-order valence-electron chi connectivity index (χ2n) is 10.6. The Balaban J connectivity index is 1.38. The lowest BCUT2D eigenvalue weighted by Gasteiger charge is -2.25. The highest BCUT2D eigenvalue weighted by Gasteiger charge is 2.22. The van der Waals surface area contributed by atoms with Crippen molar-refractivity contribution in [1.29, 1.82) is 0 Å². The van der Waals surface area contributed by atoms with E-state index in [0.29, 0.717) is 13.1 Å². The molecule has 1 saturated heterocycles. The van der Waals surface area contributed by atoms with Gasteiger partial charge < -0.3 is 20.3 Å². The monoisotopic (exact) mass is 566 g/mol. The molecule has 0 radical (unpaired) electrons.